The highest BCUT2D eigenvalue weighted by Crippen LogP contribution is 2.42. The minimum Gasteiger partial charge on any atom is -0.269 e. The van der Waals surface area contributed by atoms with Gasteiger partial charge in [0.25, 0.3) is 11.6 Å². The molecule has 0 aliphatic carbocycles. The number of anilines is 1. The number of amides is 1. The summed E-state index contributed by atoms with van der Waals surface area (Å²) in [6.45, 7) is 0. The Labute approximate surface area is 194 Å². The molecule has 0 N–H and O–H groups in total. The van der Waals surface area contributed by atoms with Crippen LogP contribution in [0.5, 0.6) is 0 Å². The number of nitro groups is 1. The van der Waals surface area contributed by atoms with E-state index >= 15 is 0 Å². The Morgan fingerprint density at radius 2 is 1.70 bits per heavy atom. The fraction of sp³-hybridized carbons (Fsp3) is 0.125. The van der Waals surface area contributed by atoms with Gasteiger partial charge < -0.3 is 0 Å². The second-order valence-corrected chi connectivity index (χ2v) is 8.15. The zero-order valence-electron chi connectivity index (χ0n) is 17.3. The highest BCUT2D eigenvalue weighted by atomic mass is 35.5. The molecule has 0 saturated carbocycles. The third-order valence-corrected chi connectivity index (χ3v) is 6.04. The van der Waals surface area contributed by atoms with Crippen LogP contribution < -0.4 is 4.90 Å². The maximum absolute atomic E-state index is 13.7. The zero-order chi connectivity index (χ0) is 22.9. The van der Waals surface area contributed by atoms with Crippen molar-refractivity contribution in [2.45, 2.75) is 18.5 Å². The first-order valence-corrected chi connectivity index (χ1v) is 10.7. The molecule has 2 atom stereocenters. The Morgan fingerprint density at radius 3 is 2.42 bits per heavy atom. The molecule has 0 radical (unpaired) electrons. The molecule has 1 aliphatic rings. The van der Waals surface area contributed by atoms with Crippen LogP contribution in [0.15, 0.2) is 85.2 Å². The molecule has 2 unspecified atom stereocenters. The van der Waals surface area contributed by atoms with E-state index in [2.05, 4.69) is 10.1 Å². The lowest BCUT2D eigenvalue weighted by Gasteiger charge is -2.39. The topological polar surface area (TPSA) is 94.2 Å². The molecule has 33 heavy (non-hydrogen) atoms. The minimum absolute atomic E-state index is 0.144. The lowest BCUT2D eigenvalue weighted by molar-refractivity contribution is -0.384. The molecule has 3 aromatic carbocycles. The summed E-state index contributed by atoms with van der Waals surface area (Å²) < 4.78 is 1.72. The number of benzene rings is 3. The monoisotopic (exact) mass is 459 g/mol. The number of hydrogen-bond acceptors (Lipinski definition) is 5. The van der Waals surface area contributed by atoms with Crippen LogP contribution in [-0.4, -0.2) is 25.6 Å². The van der Waals surface area contributed by atoms with Gasteiger partial charge in [-0.05, 0) is 35.7 Å². The molecule has 0 bridgehead atoms. The number of halogens is 1. The molecule has 4 aromatic rings. The fourth-order valence-corrected chi connectivity index (χ4v) is 4.36. The van der Waals surface area contributed by atoms with Crippen molar-refractivity contribution >= 4 is 29.1 Å². The van der Waals surface area contributed by atoms with Gasteiger partial charge >= 0.3 is 0 Å². The fourth-order valence-electron chi connectivity index (χ4n) is 4.24. The molecule has 0 spiro atoms. The van der Waals surface area contributed by atoms with Crippen molar-refractivity contribution < 1.29 is 9.72 Å². The Bertz CT molecular complexity index is 1320. The Morgan fingerprint density at radius 1 is 0.970 bits per heavy atom. The molecule has 8 nitrogen and oxygen atoms in total. The summed E-state index contributed by atoms with van der Waals surface area (Å²) in [6.07, 6.45) is 1.96. The van der Waals surface area contributed by atoms with Crippen molar-refractivity contribution in [3.63, 3.8) is 0 Å². The van der Waals surface area contributed by atoms with Gasteiger partial charge in [0.1, 0.15) is 6.33 Å². The molecule has 164 valence electrons. The number of carbonyl (C=O) groups is 1. The van der Waals surface area contributed by atoms with Gasteiger partial charge in [-0.15, -0.1) is 0 Å². The zero-order valence-corrected chi connectivity index (χ0v) is 18.0. The van der Waals surface area contributed by atoms with Gasteiger partial charge in [-0.2, -0.15) is 10.1 Å². The number of hydrogen-bond donors (Lipinski definition) is 0. The molecule has 9 heteroatoms. The standard InChI is InChI=1S/C24H18ClN5O3/c25-19-11-9-17(10-12-19)22-14-21(16-5-2-1-3-6-16)28(24-26-15-27-29(22)24)23(31)18-7-4-8-20(13-18)30(32)33/h1-13,15,21-22H,14H2. The highest BCUT2D eigenvalue weighted by Gasteiger charge is 2.39. The van der Waals surface area contributed by atoms with E-state index in [1.807, 2.05) is 54.6 Å². The maximum Gasteiger partial charge on any atom is 0.270 e. The first kappa shape index (κ1) is 20.8. The molecule has 1 aliphatic heterocycles. The van der Waals surface area contributed by atoms with Gasteiger partial charge in [-0.25, -0.2) is 4.68 Å². The van der Waals surface area contributed by atoms with Crippen LogP contribution in [-0.2, 0) is 0 Å². The lowest BCUT2D eigenvalue weighted by atomic mass is 9.91. The average molecular weight is 460 g/mol. The average Bonchev–Trinajstić information content (AvgIpc) is 3.34. The summed E-state index contributed by atoms with van der Waals surface area (Å²) in [6, 6.07) is 22.4. The minimum atomic E-state index is -0.513. The van der Waals surface area contributed by atoms with Gasteiger partial charge in [-0.1, -0.05) is 60.1 Å². The van der Waals surface area contributed by atoms with Crippen molar-refractivity contribution in [1.82, 2.24) is 14.8 Å². The van der Waals surface area contributed by atoms with Crippen molar-refractivity contribution in [2.75, 3.05) is 4.90 Å². The molecular formula is C24H18ClN5O3. The third-order valence-electron chi connectivity index (χ3n) is 5.78. The van der Waals surface area contributed by atoms with Crippen LogP contribution in [0.2, 0.25) is 5.02 Å². The van der Waals surface area contributed by atoms with Gasteiger partial charge in [0.05, 0.1) is 17.0 Å². The van der Waals surface area contributed by atoms with E-state index in [1.165, 1.54) is 24.5 Å². The summed E-state index contributed by atoms with van der Waals surface area (Å²) in [5.74, 6) is 0.00270. The molecule has 1 aromatic heterocycles. The Kier molecular flexibility index (Phi) is 5.35. The summed E-state index contributed by atoms with van der Waals surface area (Å²) in [5.41, 5.74) is 2.00. The second kappa shape index (κ2) is 8.48. The van der Waals surface area contributed by atoms with E-state index in [9.17, 15) is 14.9 Å². The summed E-state index contributed by atoms with van der Waals surface area (Å²) in [7, 11) is 0. The van der Waals surface area contributed by atoms with Crippen LogP contribution in [0.25, 0.3) is 0 Å². The molecule has 2 heterocycles. The van der Waals surface area contributed by atoms with Crippen LogP contribution in [0, 0.1) is 10.1 Å². The molecule has 5 rings (SSSR count). The van der Waals surface area contributed by atoms with Crippen LogP contribution in [0.4, 0.5) is 11.6 Å². The lowest BCUT2D eigenvalue weighted by Crippen LogP contribution is -2.42. The van der Waals surface area contributed by atoms with E-state index in [0.717, 1.165) is 11.1 Å². The molecule has 0 saturated heterocycles. The third kappa shape index (κ3) is 3.85. The van der Waals surface area contributed by atoms with Gasteiger partial charge in [0, 0.05) is 22.7 Å². The van der Waals surface area contributed by atoms with E-state index in [4.69, 9.17) is 11.6 Å². The quantitative estimate of drug-likeness (QED) is 0.308. The van der Waals surface area contributed by atoms with Crippen LogP contribution in [0.3, 0.4) is 0 Å². The number of non-ortho nitro benzene ring substituents is 1. The SMILES string of the molecule is O=C(c1cccc([N+](=O)[O-])c1)N1c2ncnn2C(c2ccc(Cl)cc2)CC1c1ccccc1. The first-order chi connectivity index (χ1) is 16.0. The van der Waals surface area contributed by atoms with Crippen molar-refractivity contribution in [3.05, 3.63) is 117 Å². The Balaban J connectivity index is 1.64. The normalized spacial score (nSPS) is 17.4. The maximum atomic E-state index is 13.7. The summed E-state index contributed by atoms with van der Waals surface area (Å²) in [5, 5.41) is 16.3. The number of fused-ring (bicyclic) bond motifs is 1. The second-order valence-electron chi connectivity index (χ2n) is 7.72. The van der Waals surface area contributed by atoms with E-state index in [1.54, 1.807) is 15.6 Å². The predicted octanol–water partition coefficient (Wildman–Crippen LogP) is 5.22. The van der Waals surface area contributed by atoms with E-state index in [-0.39, 0.29) is 29.2 Å². The molecule has 1 amide bonds. The van der Waals surface area contributed by atoms with E-state index < -0.39 is 4.92 Å². The van der Waals surface area contributed by atoms with Crippen LogP contribution in [0.1, 0.15) is 40.0 Å². The smallest absolute Gasteiger partial charge is 0.269 e. The molecular weight excluding hydrogens is 442 g/mol. The number of rotatable bonds is 4. The first-order valence-electron chi connectivity index (χ1n) is 10.3. The number of nitrogens with zero attached hydrogens (tertiary/aromatic N) is 5. The van der Waals surface area contributed by atoms with Crippen LogP contribution >= 0.6 is 11.6 Å². The van der Waals surface area contributed by atoms with Crippen molar-refractivity contribution in [2.24, 2.45) is 0 Å². The Hall–Kier alpha value is -4.04. The predicted molar refractivity (Wildman–Crippen MR) is 123 cm³/mol. The number of carbonyl (C=O) groups excluding carboxylic acids is 1. The van der Waals surface area contributed by atoms with E-state index in [0.29, 0.717) is 17.4 Å². The largest absolute Gasteiger partial charge is 0.270 e. The summed E-state index contributed by atoms with van der Waals surface area (Å²) in [4.78, 5) is 30.4. The summed E-state index contributed by atoms with van der Waals surface area (Å²) >= 11 is 6.09. The van der Waals surface area contributed by atoms with Gasteiger partial charge in [0.2, 0.25) is 5.95 Å². The highest BCUT2D eigenvalue weighted by molar-refractivity contribution is 6.30. The van der Waals surface area contributed by atoms with Gasteiger partial charge in [-0.3, -0.25) is 19.8 Å². The molecule has 0 fully saturated rings. The number of aromatic nitrogens is 3. The van der Waals surface area contributed by atoms with Crippen molar-refractivity contribution in [1.29, 1.82) is 0 Å². The van der Waals surface area contributed by atoms with Gasteiger partial charge in [0.15, 0.2) is 0 Å². The van der Waals surface area contributed by atoms with Crippen molar-refractivity contribution in [3.8, 4) is 0 Å². The number of nitro benzene ring substituents is 1.